The second-order valence-corrected chi connectivity index (χ2v) is 10.9. The average molecular weight is 508 g/mol. The number of alkyl halides is 3. The maximum absolute atomic E-state index is 13.1. The minimum atomic E-state index is -4.33. The van der Waals surface area contributed by atoms with Crippen LogP contribution in [0.5, 0.6) is 0 Å². The first-order valence-electron chi connectivity index (χ1n) is 12.5. The van der Waals surface area contributed by atoms with Crippen LogP contribution in [0.25, 0.3) is 0 Å². The molecule has 4 unspecified atom stereocenters. The highest BCUT2D eigenvalue weighted by Crippen LogP contribution is 2.33. The van der Waals surface area contributed by atoms with Gasteiger partial charge in [-0.3, -0.25) is 9.59 Å². The normalized spacial score (nSPS) is 35.6. The van der Waals surface area contributed by atoms with E-state index >= 15 is 0 Å². The number of rotatable bonds is 6. The number of carbonyl (C=O) groups excluding carboxylic acids is 2. The number of halogens is 3. The fraction of sp³-hybridized carbons (Fsp3) is 0.909. The monoisotopic (exact) mass is 507 g/mol. The summed E-state index contributed by atoms with van der Waals surface area (Å²) in [6.07, 6.45) is 5.68. The van der Waals surface area contributed by atoms with E-state index < -0.39 is 35.3 Å². The number of ether oxygens (including phenoxy) is 1. The molecule has 0 radical (unpaired) electrons. The highest BCUT2D eigenvalue weighted by molar-refractivity contribution is 7.98. The van der Waals surface area contributed by atoms with Crippen molar-refractivity contribution in [3.05, 3.63) is 0 Å². The van der Waals surface area contributed by atoms with Crippen LogP contribution in [0.3, 0.4) is 0 Å². The Kier molecular flexibility index (Phi) is 9.00. The number of carbonyl (C=O) groups is 2. The summed E-state index contributed by atoms with van der Waals surface area (Å²) in [7, 11) is 0. The number of hydrogen-bond donors (Lipinski definition) is 5. The largest absolute Gasteiger partial charge is 0.393 e. The van der Waals surface area contributed by atoms with Crippen molar-refractivity contribution in [3.63, 3.8) is 0 Å². The fourth-order valence-electron chi connectivity index (χ4n) is 5.38. The summed E-state index contributed by atoms with van der Waals surface area (Å²) < 4.78 is 45.4. The SMILES string of the molecule is O=C(NC1SNNC1C(=O)NC1CCC(OC2CCCCC2)CC1)C1CNCC(C(F)(F)F)C1. The van der Waals surface area contributed by atoms with Gasteiger partial charge >= 0.3 is 6.18 Å². The summed E-state index contributed by atoms with van der Waals surface area (Å²) >= 11 is 1.14. The second kappa shape index (κ2) is 11.8. The number of hydrazine groups is 1. The summed E-state index contributed by atoms with van der Waals surface area (Å²) in [5.74, 6) is -3.03. The number of nitrogens with one attached hydrogen (secondary N) is 5. The standard InChI is InChI=1S/C22H36F3N5O3S/c23-22(24,25)14-10-13(11-26-12-14)19(31)28-21-18(29-30-34-21)20(32)27-15-6-8-17(9-7-15)33-16-4-2-1-3-5-16/h13-18,21,26,29-30H,1-12H2,(H,27,32)(H,28,31). The quantitative estimate of drug-likeness (QED) is 0.351. The molecule has 4 fully saturated rings. The van der Waals surface area contributed by atoms with Crippen LogP contribution >= 0.6 is 11.9 Å². The molecule has 4 aliphatic rings. The van der Waals surface area contributed by atoms with E-state index in [1.54, 1.807) is 0 Å². The Morgan fingerprint density at radius 3 is 2.29 bits per heavy atom. The van der Waals surface area contributed by atoms with Crippen molar-refractivity contribution in [3.8, 4) is 0 Å². The zero-order chi connectivity index (χ0) is 24.1. The minimum Gasteiger partial charge on any atom is -0.375 e. The van der Waals surface area contributed by atoms with E-state index in [4.69, 9.17) is 4.74 Å². The molecule has 2 aliphatic carbocycles. The van der Waals surface area contributed by atoms with E-state index in [0.717, 1.165) is 50.5 Å². The van der Waals surface area contributed by atoms with Crippen LogP contribution in [0.2, 0.25) is 0 Å². The third-order valence-corrected chi connectivity index (χ3v) is 8.29. The topological polar surface area (TPSA) is 104 Å². The lowest BCUT2D eigenvalue weighted by Gasteiger charge is -2.34. The van der Waals surface area contributed by atoms with Gasteiger partial charge in [-0.2, -0.15) is 18.0 Å². The van der Waals surface area contributed by atoms with Crippen LogP contribution in [-0.2, 0) is 14.3 Å². The Labute approximate surface area is 202 Å². The predicted molar refractivity (Wildman–Crippen MR) is 122 cm³/mol. The highest BCUT2D eigenvalue weighted by Gasteiger charge is 2.45. The van der Waals surface area contributed by atoms with Gasteiger partial charge in [-0.25, -0.2) is 5.43 Å². The molecule has 8 nitrogen and oxygen atoms in total. The van der Waals surface area contributed by atoms with Gasteiger partial charge in [0.1, 0.15) is 11.4 Å². The molecule has 5 N–H and O–H groups in total. The predicted octanol–water partition coefficient (Wildman–Crippen LogP) is 2.12. The van der Waals surface area contributed by atoms with Gasteiger partial charge in [-0.1, -0.05) is 19.3 Å². The lowest BCUT2D eigenvalue weighted by atomic mass is 9.89. The molecule has 0 aromatic heterocycles. The summed E-state index contributed by atoms with van der Waals surface area (Å²) in [5.41, 5.74) is 2.87. The number of amides is 2. The summed E-state index contributed by atoms with van der Waals surface area (Å²) in [6, 6.07) is -0.655. The molecule has 0 aromatic carbocycles. The van der Waals surface area contributed by atoms with E-state index in [9.17, 15) is 22.8 Å². The minimum absolute atomic E-state index is 0.0533. The van der Waals surface area contributed by atoms with Crippen molar-refractivity contribution >= 4 is 23.8 Å². The Morgan fingerprint density at radius 1 is 0.882 bits per heavy atom. The van der Waals surface area contributed by atoms with E-state index in [1.807, 2.05) is 0 Å². The molecule has 2 heterocycles. The van der Waals surface area contributed by atoms with Gasteiger partial charge in [0.05, 0.1) is 24.0 Å². The van der Waals surface area contributed by atoms with Crippen LogP contribution in [-0.4, -0.2) is 60.7 Å². The summed E-state index contributed by atoms with van der Waals surface area (Å²) in [6.45, 7) is 0.0211. The Balaban J connectivity index is 1.21. The Morgan fingerprint density at radius 2 is 1.59 bits per heavy atom. The highest BCUT2D eigenvalue weighted by atomic mass is 32.2. The van der Waals surface area contributed by atoms with Crippen LogP contribution < -0.4 is 26.2 Å². The van der Waals surface area contributed by atoms with Crippen LogP contribution in [0.4, 0.5) is 13.2 Å². The molecular formula is C22H36F3N5O3S. The molecule has 194 valence electrons. The molecule has 0 bridgehead atoms. The van der Waals surface area contributed by atoms with Crippen molar-refractivity contribution in [1.82, 2.24) is 26.2 Å². The third-order valence-electron chi connectivity index (χ3n) is 7.41. The van der Waals surface area contributed by atoms with Gasteiger partial charge in [0.15, 0.2) is 0 Å². The van der Waals surface area contributed by atoms with Crippen molar-refractivity contribution in [2.24, 2.45) is 11.8 Å². The lowest BCUT2D eigenvalue weighted by Crippen LogP contribution is -2.56. The van der Waals surface area contributed by atoms with Gasteiger partial charge in [-0.15, -0.1) is 0 Å². The van der Waals surface area contributed by atoms with Crippen LogP contribution in [0, 0.1) is 11.8 Å². The first-order valence-corrected chi connectivity index (χ1v) is 13.4. The van der Waals surface area contributed by atoms with E-state index in [-0.39, 0.29) is 37.6 Å². The summed E-state index contributed by atoms with van der Waals surface area (Å²) in [4.78, 5) is 28.4. The molecule has 2 amide bonds. The van der Waals surface area contributed by atoms with Gasteiger partial charge in [-0.05, 0) is 56.9 Å². The molecule has 34 heavy (non-hydrogen) atoms. The van der Waals surface area contributed by atoms with Gasteiger partial charge in [0, 0.05) is 19.1 Å². The zero-order valence-electron chi connectivity index (χ0n) is 19.3. The molecule has 2 saturated carbocycles. The molecule has 4 atom stereocenters. The van der Waals surface area contributed by atoms with E-state index in [2.05, 4.69) is 26.2 Å². The maximum Gasteiger partial charge on any atom is 0.393 e. The van der Waals surface area contributed by atoms with Crippen molar-refractivity contribution in [2.45, 2.75) is 100 Å². The van der Waals surface area contributed by atoms with E-state index in [0.29, 0.717) is 6.10 Å². The number of piperidine rings is 1. The molecule has 12 heteroatoms. The molecule has 2 saturated heterocycles. The average Bonchev–Trinajstić information content (AvgIpc) is 3.29. The van der Waals surface area contributed by atoms with Crippen molar-refractivity contribution < 1.29 is 27.5 Å². The Hall–Kier alpha value is -1.08. The van der Waals surface area contributed by atoms with Crippen molar-refractivity contribution in [2.75, 3.05) is 13.1 Å². The van der Waals surface area contributed by atoms with Crippen LogP contribution in [0.1, 0.15) is 64.2 Å². The van der Waals surface area contributed by atoms with Crippen molar-refractivity contribution in [1.29, 1.82) is 0 Å². The summed E-state index contributed by atoms with van der Waals surface area (Å²) in [5, 5.41) is 7.92. The second-order valence-electron chi connectivity index (χ2n) is 9.98. The van der Waals surface area contributed by atoms with Gasteiger partial charge in [0.25, 0.3) is 0 Å². The third kappa shape index (κ3) is 6.99. The zero-order valence-corrected chi connectivity index (χ0v) is 20.1. The first kappa shape index (κ1) is 26.0. The van der Waals surface area contributed by atoms with E-state index in [1.165, 1.54) is 19.3 Å². The molecule has 0 aromatic rings. The van der Waals surface area contributed by atoms with Gasteiger partial charge < -0.3 is 20.7 Å². The number of hydrogen-bond acceptors (Lipinski definition) is 7. The van der Waals surface area contributed by atoms with Gasteiger partial charge in [0.2, 0.25) is 11.8 Å². The smallest absolute Gasteiger partial charge is 0.375 e. The maximum atomic E-state index is 13.1. The molecule has 4 rings (SSSR count). The lowest BCUT2D eigenvalue weighted by molar-refractivity contribution is -0.182. The first-order chi connectivity index (χ1) is 16.3. The molecular weight excluding hydrogens is 471 g/mol. The molecule has 2 aliphatic heterocycles. The Bertz CT molecular complexity index is 702. The molecule has 0 spiro atoms. The van der Waals surface area contributed by atoms with Crippen LogP contribution in [0.15, 0.2) is 0 Å². The fourth-order valence-corrected chi connectivity index (χ4v) is 6.20.